The molecule has 15 heavy (non-hydrogen) atoms. The second kappa shape index (κ2) is 6.22. The molecule has 0 saturated carbocycles. The Balaban J connectivity index is 3.77. The van der Waals surface area contributed by atoms with Crippen LogP contribution in [0.2, 0.25) is 0 Å². The van der Waals surface area contributed by atoms with E-state index in [0.717, 1.165) is 6.42 Å². The van der Waals surface area contributed by atoms with Crippen LogP contribution in [0.1, 0.15) is 33.1 Å². The Hall–Kier alpha value is -1.32. The van der Waals surface area contributed by atoms with Crippen molar-refractivity contribution in [2.24, 2.45) is 5.41 Å². The Morgan fingerprint density at radius 1 is 1.40 bits per heavy atom. The number of hydrogen-bond donors (Lipinski definition) is 2. The summed E-state index contributed by atoms with van der Waals surface area (Å²) < 4.78 is 0. The van der Waals surface area contributed by atoms with E-state index in [1.54, 1.807) is 0 Å². The summed E-state index contributed by atoms with van der Waals surface area (Å²) in [7, 11) is 0. The number of carboxylic acids is 1. The predicted octanol–water partition coefficient (Wildman–Crippen LogP) is 1.57. The average molecular weight is 213 g/mol. The van der Waals surface area contributed by atoms with Gasteiger partial charge < -0.3 is 10.4 Å². The quantitative estimate of drug-likeness (QED) is 0.631. The van der Waals surface area contributed by atoms with E-state index in [1.165, 1.54) is 6.08 Å². The molecule has 0 aliphatic heterocycles. The van der Waals surface area contributed by atoms with E-state index in [1.807, 2.05) is 13.8 Å². The Kier molecular flexibility index (Phi) is 5.67. The standard InChI is InChI=1S/C11H19NO3/c1-4-9(13)12-8-7-11(2,3)6-5-10(14)15/h4H,1,5-8H2,2-3H3,(H,12,13)(H,14,15). The van der Waals surface area contributed by atoms with Gasteiger partial charge in [-0.25, -0.2) is 0 Å². The third kappa shape index (κ3) is 7.73. The van der Waals surface area contributed by atoms with Crippen LogP contribution in [-0.2, 0) is 9.59 Å². The summed E-state index contributed by atoms with van der Waals surface area (Å²) in [6, 6.07) is 0. The summed E-state index contributed by atoms with van der Waals surface area (Å²) in [6.45, 7) is 7.89. The zero-order valence-electron chi connectivity index (χ0n) is 9.38. The molecule has 1 amide bonds. The summed E-state index contributed by atoms with van der Waals surface area (Å²) in [5, 5.41) is 11.2. The zero-order valence-corrected chi connectivity index (χ0v) is 9.38. The molecule has 0 atom stereocenters. The fourth-order valence-corrected chi connectivity index (χ4v) is 1.17. The van der Waals surface area contributed by atoms with Crippen LogP contribution < -0.4 is 5.32 Å². The van der Waals surface area contributed by atoms with E-state index >= 15 is 0 Å². The lowest BCUT2D eigenvalue weighted by atomic mass is 9.84. The van der Waals surface area contributed by atoms with E-state index < -0.39 is 5.97 Å². The number of carboxylic acid groups (broad SMARTS) is 1. The minimum atomic E-state index is -0.779. The average Bonchev–Trinajstić information content (AvgIpc) is 2.14. The predicted molar refractivity (Wildman–Crippen MR) is 58.5 cm³/mol. The van der Waals surface area contributed by atoms with E-state index in [4.69, 9.17) is 5.11 Å². The maximum absolute atomic E-state index is 10.8. The molecule has 0 heterocycles. The Morgan fingerprint density at radius 3 is 2.47 bits per heavy atom. The number of rotatable bonds is 7. The van der Waals surface area contributed by atoms with Crippen LogP contribution in [-0.4, -0.2) is 23.5 Å². The zero-order chi connectivity index (χ0) is 11.9. The molecule has 0 aromatic heterocycles. The minimum absolute atomic E-state index is 0.0627. The van der Waals surface area contributed by atoms with Gasteiger partial charge in [-0.15, -0.1) is 0 Å². The SMILES string of the molecule is C=CC(=O)NCCC(C)(C)CCC(=O)O. The van der Waals surface area contributed by atoms with E-state index in [2.05, 4.69) is 11.9 Å². The number of carbonyl (C=O) groups is 2. The van der Waals surface area contributed by atoms with Gasteiger partial charge in [0.1, 0.15) is 0 Å². The lowest BCUT2D eigenvalue weighted by molar-refractivity contribution is -0.137. The molecule has 4 heteroatoms. The van der Waals surface area contributed by atoms with Gasteiger partial charge in [-0.05, 0) is 24.3 Å². The molecule has 86 valence electrons. The van der Waals surface area contributed by atoms with Crippen LogP contribution in [0.4, 0.5) is 0 Å². The highest BCUT2D eigenvalue weighted by atomic mass is 16.4. The van der Waals surface area contributed by atoms with Gasteiger partial charge in [0.15, 0.2) is 0 Å². The number of aliphatic carboxylic acids is 1. The molecule has 0 bridgehead atoms. The first-order valence-electron chi connectivity index (χ1n) is 4.99. The highest BCUT2D eigenvalue weighted by molar-refractivity contribution is 5.86. The molecule has 0 aromatic carbocycles. The van der Waals surface area contributed by atoms with E-state index in [0.29, 0.717) is 13.0 Å². The summed E-state index contributed by atoms with van der Waals surface area (Å²) in [4.78, 5) is 21.2. The second-order valence-electron chi connectivity index (χ2n) is 4.30. The van der Waals surface area contributed by atoms with Crippen molar-refractivity contribution >= 4 is 11.9 Å². The summed E-state index contributed by atoms with van der Waals surface area (Å²) in [6.07, 6.45) is 2.78. The first kappa shape index (κ1) is 13.7. The molecular formula is C11H19NO3. The maximum Gasteiger partial charge on any atom is 0.303 e. The van der Waals surface area contributed by atoms with Gasteiger partial charge in [-0.2, -0.15) is 0 Å². The Labute approximate surface area is 90.4 Å². The van der Waals surface area contributed by atoms with Crippen molar-refractivity contribution in [3.05, 3.63) is 12.7 Å². The Bertz CT molecular complexity index is 246. The van der Waals surface area contributed by atoms with Gasteiger partial charge in [0, 0.05) is 13.0 Å². The molecule has 4 nitrogen and oxygen atoms in total. The van der Waals surface area contributed by atoms with E-state index in [-0.39, 0.29) is 17.7 Å². The van der Waals surface area contributed by atoms with Gasteiger partial charge in [0.05, 0.1) is 0 Å². The normalized spacial score (nSPS) is 10.8. The molecule has 0 aromatic rings. The van der Waals surface area contributed by atoms with Gasteiger partial charge in [0.25, 0.3) is 0 Å². The highest BCUT2D eigenvalue weighted by Crippen LogP contribution is 2.25. The molecule has 0 saturated heterocycles. The van der Waals surface area contributed by atoms with Crippen molar-refractivity contribution < 1.29 is 14.7 Å². The Morgan fingerprint density at radius 2 is 2.00 bits per heavy atom. The van der Waals surface area contributed by atoms with Gasteiger partial charge in [-0.3, -0.25) is 9.59 Å². The van der Waals surface area contributed by atoms with Crippen LogP contribution in [0.15, 0.2) is 12.7 Å². The molecule has 0 unspecified atom stereocenters. The third-order valence-electron chi connectivity index (χ3n) is 2.30. The maximum atomic E-state index is 10.8. The monoisotopic (exact) mass is 213 g/mol. The molecule has 0 aliphatic rings. The summed E-state index contributed by atoms with van der Waals surface area (Å²) in [5.74, 6) is -0.970. The van der Waals surface area contributed by atoms with Crippen LogP contribution in [0.5, 0.6) is 0 Å². The van der Waals surface area contributed by atoms with Gasteiger partial charge >= 0.3 is 5.97 Å². The molecular weight excluding hydrogens is 194 g/mol. The summed E-state index contributed by atoms with van der Waals surface area (Å²) in [5.41, 5.74) is -0.0627. The second-order valence-corrected chi connectivity index (χ2v) is 4.30. The third-order valence-corrected chi connectivity index (χ3v) is 2.30. The van der Waals surface area contributed by atoms with Crippen molar-refractivity contribution in [1.29, 1.82) is 0 Å². The van der Waals surface area contributed by atoms with Crippen molar-refractivity contribution in [1.82, 2.24) is 5.32 Å². The fraction of sp³-hybridized carbons (Fsp3) is 0.636. The topological polar surface area (TPSA) is 66.4 Å². The first-order chi connectivity index (χ1) is 6.87. The van der Waals surface area contributed by atoms with Gasteiger partial charge in [-0.1, -0.05) is 20.4 Å². The molecule has 0 spiro atoms. The number of hydrogen-bond acceptors (Lipinski definition) is 2. The van der Waals surface area contributed by atoms with Crippen LogP contribution >= 0.6 is 0 Å². The van der Waals surface area contributed by atoms with Crippen molar-refractivity contribution in [2.75, 3.05) is 6.54 Å². The van der Waals surface area contributed by atoms with Crippen molar-refractivity contribution in [2.45, 2.75) is 33.1 Å². The molecule has 0 fully saturated rings. The highest BCUT2D eigenvalue weighted by Gasteiger charge is 2.18. The number of carbonyl (C=O) groups excluding carboxylic acids is 1. The largest absolute Gasteiger partial charge is 0.481 e. The number of amides is 1. The van der Waals surface area contributed by atoms with Crippen molar-refractivity contribution in [3.63, 3.8) is 0 Å². The lowest BCUT2D eigenvalue weighted by Crippen LogP contribution is -2.26. The van der Waals surface area contributed by atoms with E-state index in [9.17, 15) is 9.59 Å². The lowest BCUT2D eigenvalue weighted by Gasteiger charge is -2.23. The molecule has 0 radical (unpaired) electrons. The van der Waals surface area contributed by atoms with Crippen molar-refractivity contribution in [3.8, 4) is 0 Å². The minimum Gasteiger partial charge on any atom is -0.481 e. The fourth-order valence-electron chi connectivity index (χ4n) is 1.17. The summed E-state index contributed by atoms with van der Waals surface area (Å²) >= 11 is 0. The molecule has 0 rings (SSSR count). The molecule has 0 aliphatic carbocycles. The first-order valence-corrected chi connectivity index (χ1v) is 4.99. The number of nitrogens with one attached hydrogen (secondary N) is 1. The van der Waals surface area contributed by atoms with Crippen LogP contribution in [0.3, 0.4) is 0 Å². The van der Waals surface area contributed by atoms with Crippen LogP contribution in [0, 0.1) is 5.41 Å². The van der Waals surface area contributed by atoms with Gasteiger partial charge in [0.2, 0.25) is 5.91 Å². The van der Waals surface area contributed by atoms with Crippen LogP contribution in [0.25, 0.3) is 0 Å². The molecule has 2 N–H and O–H groups in total. The smallest absolute Gasteiger partial charge is 0.303 e.